The van der Waals surface area contributed by atoms with E-state index < -0.39 is 36.5 Å². The van der Waals surface area contributed by atoms with Crippen molar-refractivity contribution >= 4 is 11.9 Å². The minimum absolute atomic E-state index is 0.00505. The summed E-state index contributed by atoms with van der Waals surface area (Å²) in [4.78, 5) is 24.7. The molecule has 0 bridgehead atoms. The number of hydrogen-bond donors (Lipinski definition) is 2. The first-order valence-electron chi connectivity index (χ1n) is 32.8. The Balaban J connectivity index is 1.67. The second kappa shape index (κ2) is 55.8. The molecule has 0 aromatic carbocycles. The van der Waals surface area contributed by atoms with E-state index in [-0.39, 0.29) is 19.6 Å². The molecule has 1 unspecified atom stereocenters. The lowest BCUT2D eigenvalue weighted by Crippen LogP contribution is -2.40. The van der Waals surface area contributed by atoms with E-state index in [1.165, 1.54) is 321 Å². The summed E-state index contributed by atoms with van der Waals surface area (Å²) in [7, 11) is 0. The molecule has 0 spiro atoms. The Kier molecular flexibility index (Phi) is 53.2. The lowest BCUT2D eigenvalue weighted by atomic mass is 9.92. The van der Waals surface area contributed by atoms with E-state index in [1.807, 2.05) is 0 Å². The molecule has 0 aromatic heterocycles. The SMILES string of the molecule is CCCCCCCCCCCCCCC/C=C/CCCCCCCCCCCCCCCCCCCCCCCCCCCCCCCCCCCCCCCCC1CC(=O)OCC(CO)(CO)COC1=O. The molecular weight excluding hydrogens is 889 g/mol. The maximum Gasteiger partial charge on any atom is 0.309 e. The number of hydrogen-bond acceptors (Lipinski definition) is 6. The zero-order valence-corrected chi connectivity index (χ0v) is 48.5. The largest absolute Gasteiger partial charge is 0.465 e. The number of carbonyl (C=O) groups excluding carboxylic acids is 2. The summed E-state index contributed by atoms with van der Waals surface area (Å²) in [5.74, 6) is -1.40. The van der Waals surface area contributed by atoms with Gasteiger partial charge in [0, 0.05) is 0 Å². The highest BCUT2D eigenvalue weighted by molar-refractivity contribution is 5.80. The molecule has 0 aliphatic carbocycles. The molecule has 0 saturated carbocycles. The Bertz CT molecular complexity index is 1130. The van der Waals surface area contributed by atoms with Crippen molar-refractivity contribution in [3.8, 4) is 0 Å². The molecule has 1 aliphatic heterocycles. The van der Waals surface area contributed by atoms with Crippen LogP contribution in [0.5, 0.6) is 0 Å². The lowest BCUT2D eigenvalue weighted by molar-refractivity contribution is -0.155. The molecule has 0 radical (unpaired) electrons. The summed E-state index contributed by atoms with van der Waals surface area (Å²) in [5.41, 5.74) is -1.12. The van der Waals surface area contributed by atoms with Gasteiger partial charge in [0.05, 0.1) is 31.0 Å². The maximum atomic E-state index is 12.5. The van der Waals surface area contributed by atoms with Crippen LogP contribution in [0, 0.1) is 11.3 Å². The molecule has 0 amide bonds. The van der Waals surface area contributed by atoms with Crippen LogP contribution in [-0.2, 0) is 19.1 Å². The first-order valence-corrected chi connectivity index (χ1v) is 32.8. The molecule has 1 atom stereocenters. The number of esters is 2. The fourth-order valence-corrected chi connectivity index (χ4v) is 10.9. The van der Waals surface area contributed by atoms with Gasteiger partial charge in [-0.2, -0.15) is 0 Å². The summed E-state index contributed by atoms with van der Waals surface area (Å²) < 4.78 is 10.6. The van der Waals surface area contributed by atoms with Gasteiger partial charge in [-0.05, 0) is 32.1 Å². The maximum absolute atomic E-state index is 12.5. The third-order valence-corrected chi connectivity index (χ3v) is 16.3. The average Bonchev–Trinajstić information content (AvgIpc) is 3.45. The Labute approximate surface area is 449 Å². The van der Waals surface area contributed by atoms with Gasteiger partial charge in [-0.1, -0.05) is 334 Å². The van der Waals surface area contributed by atoms with E-state index in [9.17, 15) is 19.8 Å². The fourth-order valence-electron chi connectivity index (χ4n) is 10.9. The number of cyclic esters (lactones) is 2. The average molecular weight is 1020 g/mol. The van der Waals surface area contributed by atoms with Crippen molar-refractivity contribution in [2.24, 2.45) is 11.3 Å². The summed E-state index contributed by atoms with van der Waals surface area (Å²) >= 11 is 0. The van der Waals surface area contributed by atoms with Crippen molar-refractivity contribution in [2.45, 2.75) is 360 Å². The number of ether oxygens (including phenoxy) is 2. The topological polar surface area (TPSA) is 93.1 Å². The molecule has 1 saturated heterocycles. The fraction of sp³-hybridized carbons (Fsp3) is 0.939. The predicted octanol–water partition coefficient (Wildman–Crippen LogP) is 20.7. The van der Waals surface area contributed by atoms with Crippen LogP contribution in [0.25, 0.3) is 0 Å². The molecule has 1 rings (SSSR count). The van der Waals surface area contributed by atoms with Crippen LogP contribution in [0.1, 0.15) is 360 Å². The summed E-state index contributed by atoms with van der Waals surface area (Å²) in [6, 6.07) is 0. The molecule has 6 heteroatoms. The van der Waals surface area contributed by atoms with Crippen LogP contribution >= 0.6 is 0 Å². The van der Waals surface area contributed by atoms with Crippen molar-refractivity contribution < 1.29 is 29.3 Å². The Morgan fingerprint density at radius 3 is 0.861 bits per heavy atom. The minimum atomic E-state index is -1.12. The highest BCUT2D eigenvalue weighted by Crippen LogP contribution is 2.25. The monoisotopic (exact) mass is 1010 g/mol. The van der Waals surface area contributed by atoms with Gasteiger partial charge in [0.15, 0.2) is 0 Å². The van der Waals surface area contributed by atoms with Gasteiger partial charge in [0.25, 0.3) is 0 Å². The summed E-state index contributed by atoms with van der Waals surface area (Å²) in [5, 5.41) is 19.2. The highest BCUT2D eigenvalue weighted by Gasteiger charge is 2.36. The van der Waals surface area contributed by atoms with Crippen LogP contribution in [0.3, 0.4) is 0 Å². The second-order valence-corrected chi connectivity index (χ2v) is 23.5. The second-order valence-electron chi connectivity index (χ2n) is 23.5. The molecule has 1 fully saturated rings. The van der Waals surface area contributed by atoms with Crippen molar-refractivity contribution in [1.82, 2.24) is 0 Å². The first-order chi connectivity index (χ1) is 35.6. The van der Waals surface area contributed by atoms with Gasteiger partial charge in [0.1, 0.15) is 13.2 Å². The van der Waals surface area contributed by atoms with E-state index in [1.54, 1.807) is 0 Å². The van der Waals surface area contributed by atoms with Crippen molar-refractivity contribution in [3.05, 3.63) is 12.2 Å². The standard InChI is InChI=1S/C66H126O6/c1-2-3-4-5-6-7-8-9-10-11-12-13-14-15-16-17-18-19-20-21-22-23-24-25-26-27-28-29-30-31-32-33-34-35-36-37-38-39-40-41-42-43-44-45-46-47-48-49-50-51-52-53-54-55-56-57-63-58-64(69)71-61-66(59-67,60-68)62-72-65(63)70/h16-17,63,67-68H,2-15,18-62H2,1H3/b17-16+. The number of aliphatic hydroxyl groups is 2. The smallest absolute Gasteiger partial charge is 0.309 e. The zero-order valence-electron chi connectivity index (χ0n) is 48.5. The number of carbonyl (C=O) groups is 2. The Morgan fingerprint density at radius 1 is 0.361 bits per heavy atom. The quantitative estimate of drug-likeness (QED) is 0.0358. The van der Waals surface area contributed by atoms with Gasteiger partial charge < -0.3 is 19.7 Å². The number of allylic oxidation sites excluding steroid dienone is 2. The van der Waals surface area contributed by atoms with Crippen LogP contribution in [0.4, 0.5) is 0 Å². The van der Waals surface area contributed by atoms with E-state index in [0.29, 0.717) is 6.42 Å². The van der Waals surface area contributed by atoms with Gasteiger partial charge in [-0.15, -0.1) is 0 Å². The van der Waals surface area contributed by atoms with Crippen LogP contribution in [-0.4, -0.2) is 48.6 Å². The Morgan fingerprint density at radius 2 is 0.597 bits per heavy atom. The molecule has 1 aliphatic rings. The molecule has 72 heavy (non-hydrogen) atoms. The van der Waals surface area contributed by atoms with E-state index >= 15 is 0 Å². The highest BCUT2D eigenvalue weighted by atomic mass is 16.6. The molecule has 0 aromatic rings. The third-order valence-electron chi connectivity index (χ3n) is 16.3. The van der Waals surface area contributed by atoms with Gasteiger partial charge >= 0.3 is 11.9 Å². The molecule has 1 heterocycles. The van der Waals surface area contributed by atoms with Crippen molar-refractivity contribution in [2.75, 3.05) is 26.4 Å². The lowest BCUT2D eigenvalue weighted by Gasteiger charge is -2.27. The van der Waals surface area contributed by atoms with E-state index in [2.05, 4.69) is 19.1 Å². The Hall–Kier alpha value is -1.40. The van der Waals surface area contributed by atoms with Crippen LogP contribution in [0.2, 0.25) is 0 Å². The summed E-state index contributed by atoms with van der Waals surface area (Å²) in [6.07, 6.45) is 80.1. The van der Waals surface area contributed by atoms with Gasteiger partial charge in [0.2, 0.25) is 0 Å². The minimum Gasteiger partial charge on any atom is -0.465 e. The zero-order chi connectivity index (χ0) is 51.8. The van der Waals surface area contributed by atoms with Gasteiger partial charge in [-0.25, -0.2) is 0 Å². The molecule has 426 valence electrons. The van der Waals surface area contributed by atoms with Crippen LogP contribution in [0.15, 0.2) is 12.2 Å². The van der Waals surface area contributed by atoms with E-state index in [4.69, 9.17) is 9.47 Å². The third kappa shape index (κ3) is 47.1. The summed E-state index contributed by atoms with van der Waals surface area (Å²) in [6.45, 7) is 1.21. The number of rotatable bonds is 57. The first kappa shape index (κ1) is 68.6. The molecule has 6 nitrogen and oxygen atoms in total. The normalized spacial score (nSPS) is 15.2. The van der Waals surface area contributed by atoms with Crippen LogP contribution < -0.4 is 0 Å². The predicted molar refractivity (Wildman–Crippen MR) is 311 cm³/mol. The number of aliphatic hydroxyl groups excluding tert-OH is 2. The van der Waals surface area contributed by atoms with E-state index in [0.717, 1.165) is 19.3 Å². The molecular formula is C66H126O6. The number of unbranched alkanes of at least 4 members (excludes halogenated alkanes) is 51. The molecule has 2 N–H and O–H groups in total. The van der Waals surface area contributed by atoms with Crippen molar-refractivity contribution in [1.29, 1.82) is 0 Å². The van der Waals surface area contributed by atoms with Crippen molar-refractivity contribution in [3.63, 3.8) is 0 Å². The van der Waals surface area contributed by atoms with Gasteiger partial charge in [-0.3, -0.25) is 9.59 Å².